The van der Waals surface area contributed by atoms with Crippen LogP contribution in [0.4, 0.5) is 4.39 Å². The number of nitrogens with zero attached hydrogens (tertiary/aromatic N) is 1. The van der Waals surface area contributed by atoms with Crippen LogP contribution >= 0.6 is 28.3 Å². The van der Waals surface area contributed by atoms with E-state index in [-0.39, 0.29) is 27.8 Å². The minimum atomic E-state index is -3.57. The lowest BCUT2D eigenvalue weighted by molar-refractivity contribution is 0.274. The summed E-state index contributed by atoms with van der Waals surface area (Å²) in [5.41, 5.74) is 0. The predicted octanol–water partition coefficient (Wildman–Crippen LogP) is 1.60. The fourth-order valence-electron chi connectivity index (χ4n) is 1.57. The van der Waals surface area contributed by atoms with Gasteiger partial charge in [0.25, 0.3) is 0 Å². The highest BCUT2D eigenvalue weighted by atomic mass is 79.9. The van der Waals surface area contributed by atoms with Crippen LogP contribution < -0.4 is 5.32 Å². The number of nitrogens with one attached hydrogen (secondary N) is 1. The molecule has 1 aliphatic heterocycles. The van der Waals surface area contributed by atoms with Gasteiger partial charge in [-0.2, -0.15) is 4.31 Å². The Morgan fingerprint density at radius 3 is 2.50 bits per heavy atom. The molecule has 1 saturated heterocycles. The van der Waals surface area contributed by atoms with Crippen LogP contribution in [-0.4, -0.2) is 38.9 Å². The number of hydrogen-bond donors (Lipinski definition) is 1. The van der Waals surface area contributed by atoms with Crippen molar-refractivity contribution in [3.8, 4) is 0 Å². The summed E-state index contributed by atoms with van der Waals surface area (Å²) in [6.07, 6.45) is 0. The second kappa shape index (κ2) is 5.83. The van der Waals surface area contributed by atoms with Crippen molar-refractivity contribution in [2.45, 2.75) is 10.9 Å². The lowest BCUT2D eigenvalue weighted by atomic mass is 10.2. The molecule has 2 rings (SSSR count). The lowest BCUT2D eigenvalue weighted by Gasteiger charge is -2.34. The van der Waals surface area contributed by atoms with Crippen LogP contribution in [0.15, 0.2) is 27.6 Å². The molecule has 8 heteroatoms. The minimum absolute atomic E-state index is 0. The number of rotatable bonds is 3. The van der Waals surface area contributed by atoms with E-state index in [4.69, 9.17) is 0 Å². The van der Waals surface area contributed by atoms with E-state index in [0.29, 0.717) is 13.1 Å². The lowest BCUT2D eigenvalue weighted by Crippen LogP contribution is -2.57. The van der Waals surface area contributed by atoms with Crippen molar-refractivity contribution in [3.63, 3.8) is 0 Å². The van der Waals surface area contributed by atoms with Gasteiger partial charge in [0.2, 0.25) is 10.0 Å². The quantitative estimate of drug-likeness (QED) is 0.892. The zero-order valence-electron chi connectivity index (χ0n) is 9.56. The Morgan fingerprint density at radius 2 is 2.06 bits per heavy atom. The Morgan fingerprint density at radius 1 is 1.44 bits per heavy atom. The number of sulfonamides is 1. The van der Waals surface area contributed by atoms with Crippen LogP contribution in [0.2, 0.25) is 0 Å². The van der Waals surface area contributed by atoms with E-state index >= 15 is 0 Å². The largest absolute Gasteiger partial charge is 0.313 e. The summed E-state index contributed by atoms with van der Waals surface area (Å²) in [5, 5.41) is 3.01. The van der Waals surface area contributed by atoms with Crippen LogP contribution in [0.3, 0.4) is 0 Å². The highest BCUT2D eigenvalue weighted by Crippen LogP contribution is 2.26. The second-order valence-electron chi connectivity index (χ2n) is 3.91. The Hall–Kier alpha value is -0.210. The van der Waals surface area contributed by atoms with Crippen LogP contribution in [0, 0.1) is 5.82 Å². The van der Waals surface area contributed by atoms with Gasteiger partial charge in [-0.25, -0.2) is 12.8 Å². The summed E-state index contributed by atoms with van der Waals surface area (Å²) in [6, 6.07) is 3.54. The summed E-state index contributed by atoms with van der Waals surface area (Å²) >= 11 is 3.08. The van der Waals surface area contributed by atoms with E-state index in [1.54, 1.807) is 0 Å². The van der Waals surface area contributed by atoms with Gasteiger partial charge in [-0.3, -0.25) is 0 Å². The zero-order chi connectivity index (χ0) is 12.6. The molecule has 0 unspecified atom stereocenters. The Kier molecular flexibility index (Phi) is 5.13. The first-order valence-corrected chi connectivity index (χ1v) is 7.30. The molecule has 0 atom stereocenters. The second-order valence-corrected chi connectivity index (χ2v) is 6.73. The van der Waals surface area contributed by atoms with E-state index in [1.165, 1.54) is 17.4 Å². The third kappa shape index (κ3) is 2.85. The summed E-state index contributed by atoms with van der Waals surface area (Å²) in [7, 11) is -2.03. The topological polar surface area (TPSA) is 49.4 Å². The molecule has 18 heavy (non-hydrogen) atoms. The number of hydrogen-bond acceptors (Lipinski definition) is 3. The van der Waals surface area contributed by atoms with Crippen molar-refractivity contribution >= 4 is 38.4 Å². The van der Waals surface area contributed by atoms with Crippen molar-refractivity contribution in [2.24, 2.45) is 0 Å². The van der Waals surface area contributed by atoms with E-state index in [9.17, 15) is 12.8 Å². The van der Waals surface area contributed by atoms with E-state index in [0.717, 1.165) is 12.1 Å². The Labute approximate surface area is 120 Å². The normalized spacial score (nSPS) is 16.2. The third-order valence-electron chi connectivity index (χ3n) is 2.83. The summed E-state index contributed by atoms with van der Waals surface area (Å²) in [4.78, 5) is 0.0910. The van der Waals surface area contributed by atoms with Gasteiger partial charge < -0.3 is 5.32 Å². The maximum atomic E-state index is 12.9. The molecule has 1 aromatic rings. The average Bonchev–Trinajstić information content (AvgIpc) is 2.13. The van der Waals surface area contributed by atoms with Crippen molar-refractivity contribution in [3.05, 3.63) is 28.5 Å². The summed E-state index contributed by atoms with van der Waals surface area (Å²) in [5.74, 6) is -0.469. The predicted molar refractivity (Wildman–Crippen MR) is 73.0 cm³/mol. The Bertz CT molecular complexity index is 537. The number of benzene rings is 1. The molecular formula is C10H13BrClFN2O2S. The van der Waals surface area contributed by atoms with Gasteiger partial charge in [-0.05, 0) is 34.1 Å². The van der Waals surface area contributed by atoms with Crippen LogP contribution in [0.25, 0.3) is 0 Å². The molecule has 1 fully saturated rings. The molecule has 1 N–H and O–H groups in total. The monoisotopic (exact) mass is 358 g/mol. The molecule has 1 heterocycles. The molecule has 102 valence electrons. The summed E-state index contributed by atoms with van der Waals surface area (Å²) in [6.45, 7) is 1.29. The average molecular weight is 360 g/mol. The molecule has 0 aliphatic carbocycles. The van der Waals surface area contributed by atoms with Gasteiger partial charge in [-0.15, -0.1) is 12.4 Å². The van der Waals surface area contributed by atoms with Gasteiger partial charge in [0.1, 0.15) is 5.82 Å². The maximum absolute atomic E-state index is 12.9. The standard InChI is InChI=1S/C10H12BrFN2O2S.ClH/c1-14(8-5-13-6-8)17(15,16)10-3-2-7(12)4-9(10)11;/h2-4,8,13H,5-6H2,1H3;1H. The van der Waals surface area contributed by atoms with E-state index in [1.807, 2.05) is 0 Å². The molecule has 0 aromatic heterocycles. The van der Waals surface area contributed by atoms with Gasteiger partial charge in [0, 0.05) is 30.7 Å². The fraction of sp³-hybridized carbons (Fsp3) is 0.400. The number of halogens is 3. The molecular weight excluding hydrogens is 347 g/mol. The smallest absolute Gasteiger partial charge is 0.244 e. The molecule has 1 aromatic carbocycles. The fourth-order valence-corrected chi connectivity index (χ4v) is 3.93. The Balaban J connectivity index is 0.00000162. The molecule has 0 saturated carbocycles. The van der Waals surface area contributed by atoms with Crippen molar-refractivity contribution in [1.82, 2.24) is 9.62 Å². The maximum Gasteiger partial charge on any atom is 0.244 e. The van der Waals surface area contributed by atoms with Gasteiger partial charge in [0.15, 0.2) is 0 Å². The summed E-state index contributed by atoms with van der Waals surface area (Å²) < 4.78 is 39.0. The molecule has 0 spiro atoms. The highest BCUT2D eigenvalue weighted by molar-refractivity contribution is 9.10. The first-order chi connectivity index (χ1) is 7.93. The van der Waals surface area contributed by atoms with Crippen molar-refractivity contribution in [2.75, 3.05) is 20.1 Å². The molecule has 0 bridgehead atoms. The van der Waals surface area contributed by atoms with Crippen molar-refractivity contribution in [1.29, 1.82) is 0 Å². The van der Waals surface area contributed by atoms with Gasteiger partial charge in [-0.1, -0.05) is 0 Å². The zero-order valence-corrected chi connectivity index (χ0v) is 12.8. The minimum Gasteiger partial charge on any atom is -0.313 e. The van der Waals surface area contributed by atoms with E-state index < -0.39 is 15.8 Å². The van der Waals surface area contributed by atoms with Crippen molar-refractivity contribution < 1.29 is 12.8 Å². The van der Waals surface area contributed by atoms with Crippen LogP contribution in [-0.2, 0) is 10.0 Å². The number of likely N-dealkylation sites (N-methyl/N-ethyl adjacent to an activating group) is 1. The van der Waals surface area contributed by atoms with Gasteiger partial charge in [0.05, 0.1) is 4.90 Å². The van der Waals surface area contributed by atoms with E-state index in [2.05, 4.69) is 21.2 Å². The molecule has 0 amide bonds. The van der Waals surface area contributed by atoms with Crippen LogP contribution in [0.1, 0.15) is 0 Å². The highest BCUT2D eigenvalue weighted by Gasteiger charge is 2.32. The SMILES string of the molecule is CN(C1CNC1)S(=O)(=O)c1ccc(F)cc1Br.Cl. The molecule has 0 radical (unpaired) electrons. The molecule has 1 aliphatic rings. The first-order valence-electron chi connectivity index (χ1n) is 5.07. The van der Waals surface area contributed by atoms with Crippen LogP contribution in [0.5, 0.6) is 0 Å². The third-order valence-corrected chi connectivity index (χ3v) is 5.71. The first kappa shape index (κ1) is 15.8. The van der Waals surface area contributed by atoms with Gasteiger partial charge >= 0.3 is 0 Å². The molecule has 4 nitrogen and oxygen atoms in total.